The standard InChI is InChI=1S/C12H9BF2O3/c14-10-5-9(6-11(15)7-10)8-1-3-12(4-2-8)18-13(16)17/h1-7,16-17H. The van der Waals surface area contributed by atoms with Crippen LogP contribution in [-0.4, -0.2) is 17.4 Å². The molecular formula is C12H9BF2O3. The second-order valence-electron chi connectivity index (χ2n) is 3.63. The Morgan fingerprint density at radius 3 is 1.89 bits per heavy atom. The zero-order valence-electron chi connectivity index (χ0n) is 9.18. The Labute approximate surface area is 102 Å². The molecule has 6 heteroatoms. The highest BCUT2D eigenvalue weighted by Gasteiger charge is 2.11. The van der Waals surface area contributed by atoms with Crippen LogP contribution in [0.1, 0.15) is 0 Å². The van der Waals surface area contributed by atoms with Crippen LogP contribution in [0.4, 0.5) is 8.78 Å². The maximum atomic E-state index is 13.0. The van der Waals surface area contributed by atoms with Gasteiger partial charge in [-0.3, -0.25) is 0 Å². The first-order chi connectivity index (χ1) is 8.54. The second kappa shape index (κ2) is 5.16. The first-order valence-electron chi connectivity index (χ1n) is 5.14. The van der Waals surface area contributed by atoms with Gasteiger partial charge in [0.2, 0.25) is 0 Å². The van der Waals surface area contributed by atoms with Gasteiger partial charge in [0.15, 0.2) is 0 Å². The molecule has 0 aliphatic carbocycles. The van der Waals surface area contributed by atoms with Crippen molar-refractivity contribution in [1.82, 2.24) is 0 Å². The Bertz CT molecular complexity index is 523. The molecule has 0 aromatic heterocycles. The fourth-order valence-corrected chi connectivity index (χ4v) is 1.57. The molecule has 0 spiro atoms. The summed E-state index contributed by atoms with van der Waals surface area (Å²) in [6, 6.07) is 9.27. The van der Waals surface area contributed by atoms with Crippen LogP contribution < -0.4 is 4.65 Å². The van der Waals surface area contributed by atoms with E-state index in [-0.39, 0.29) is 5.75 Å². The Morgan fingerprint density at radius 2 is 1.39 bits per heavy atom. The van der Waals surface area contributed by atoms with Gasteiger partial charge in [-0.05, 0) is 35.4 Å². The lowest BCUT2D eigenvalue weighted by atomic mass is 10.1. The zero-order valence-corrected chi connectivity index (χ0v) is 9.18. The maximum absolute atomic E-state index is 13.0. The molecule has 0 saturated carbocycles. The summed E-state index contributed by atoms with van der Waals surface area (Å²) in [7, 11) is -1.90. The highest BCUT2D eigenvalue weighted by molar-refractivity contribution is 6.33. The van der Waals surface area contributed by atoms with Crippen molar-refractivity contribution in [2.45, 2.75) is 0 Å². The summed E-state index contributed by atoms with van der Waals surface area (Å²) in [5, 5.41) is 17.2. The van der Waals surface area contributed by atoms with E-state index in [1.165, 1.54) is 24.3 Å². The minimum absolute atomic E-state index is 0.241. The third-order valence-corrected chi connectivity index (χ3v) is 2.29. The third kappa shape index (κ3) is 3.06. The number of hydrogen-bond acceptors (Lipinski definition) is 3. The molecule has 2 aromatic carbocycles. The van der Waals surface area contributed by atoms with Crippen molar-refractivity contribution in [3.8, 4) is 16.9 Å². The van der Waals surface area contributed by atoms with Crippen molar-refractivity contribution in [2.24, 2.45) is 0 Å². The molecule has 0 bridgehead atoms. The smallest absolute Gasteiger partial charge is 0.512 e. The van der Waals surface area contributed by atoms with Crippen molar-refractivity contribution in [3.63, 3.8) is 0 Å². The predicted molar refractivity (Wildman–Crippen MR) is 62.6 cm³/mol. The average molecular weight is 250 g/mol. The lowest BCUT2D eigenvalue weighted by molar-refractivity contribution is 0.288. The monoisotopic (exact) mass is 250 g/mol. The van der Waals surface area contributed by atoms with Crippen LogP contribution in [-0.2, 0) is 0 Å². The topological polar surface area (TPSA) is 49.7 Å². The van der Waals surface area contributed by atoms with Crippen LogP contribution in [0.25, 0.3) is 11.1 Å². The SMILES string of the molecule is OB(O)Oc1ccc(-c2cc(F)cc(F)c2)cc1. The molecule has 0 unspecified atom stereocenters. The summed E-state index contributed by atoms with van der Waals surface area (Å²) in [4.78, 5) is 0. The van der Waals surface area contributed by atoms with Gasteiger partial charge < -0.3 is 14.7 Å². The van der Waals surface area contributed by atoms with Crippen LogP contribution in [0.15, 0.2) is 42.5 Å². The fraction of sp³-hybridized carbons (Fsp3) is 0. The van der Waals surface area contributed by atoms with Crippen molar-refractivity contribution < 1.29 is 23.5 Å². The first kappa shape index (κ1) is 12.5. The zero-order chi connectivity index (χ0) is 13.1. The van der Waals surface area contributed by atoms with E-state index < -0.39 is 19.0 Å². The largest absolute Gasteiger partial charge is 0.707 e. The Kier molecular flexibility index (Phi) is 3.59. The van der Waals surface area contributed by atoms with Gasteiger partial charge in [0.1, 0.15) is 17.4 Å². The lowest BCUT2D eigenvalue weighted by Crippen LogP contribution is -2.20. The molecule has 0 radical (unpaired) electrons. The molecular weight excluding hydrogens is 241 g/mol. The Hall–Kier alpha value is -1.92. The van der Waals surface area contributed by atoms with E-state index in [0.717, 1.165) is 6.07 Å². The number of hydrogen-bond donors (Lipinski definition) is 2. The number of rotatable bonds is 3. The van der Waals surface area contributed by atoms with Crippen LogP contribution >= 0.6 is 0 Å². The van der Waals surface area contributed by atoms with Crippen molar-refractivity contribution in [3.05, 3.63) is 54.1 Å². The molecule has 2 aromatic rings. The van der Waals surface area contributed by atoms with Gasteiger partial charge in [-0.25, -0.2) is 8.78 Å². The van der Waals surface area contributed by atoms with Gasteiger partial charge >= 0.3 is 7.32 Å². The summed E-state index contributed by atoms with van der Waals surface area (Å²) in [6.07, 6.45) is 0. The van der Waals surface area contributed by atoms with E-state index in [0.29, 0.717) is 11.1 Å². The molecule has 92 valence electrons. The first-order valence-corrected chi connectivity index (χ1v) is 5.14. The number of benzene rings is 2. The molecule has 0 heterocycles. The molecule has 0 amide bonds. The normalized spacial score (nSPS) is 10.2. The van der Waals surface area contributed by atoms with E-state index in [2.05, 4.69) is 4.65 Å². The molecule has 0 aliphatic rings. The summed E-state index contributed by atoms with van der Waals surface area (Å²) in [5.41, 5.74) is 0.983. The van der Waals surface area contributed by atoms with E-state index in [9.17, 15) is 8.78 Å². The Balaban J connectivity index is 2.28. The molecule has 18 heavy (non-hydrogen) atoms. The van der Waals surface area contributed by atoms with Gasteiger partial charge in [-0.2, -0.15) is 0 Å². The molecule has 0 atom stereocenters. The summed E-state index contributed by atoms with van der Waals surface area (Å²) < 4.78 is 30.7. The molecule has 0 aliphatic heterocycles. The highest BCUT2D eigenvalue weighted by atomic mass is 19.1. The van der Waals surface area contributed by atoms with Gasteiger partial charge in [-0.1, -0.05) is 12.1 Å². The van der Waals surface area contributed by atoms with Crippen LogP contribution in [0.3, 0.4) is 0 Å². The second-order valence-corrected chi connectivity index (χ2v) is 3.63. The maximum Gasteiger partial charge on any atom is 0.707 e. The molecule has 2 rings (SSSR count). The van der Waals surface area contributed by atoms with E-state index >= 15 is 0 Å². The third-order valence-electron chi connectivity index (χ3n) is 2.29. The van der Waals surface area contributed by atoms with Crippen LogP contribution in [0.2, 0.25) is 0 Å². The van der Waals surface area contributed by atoms with Gasteiger partial charge in [0.05, 0.1) is 0 Å². The van der Waals surface area contributed by atoms with Gasteiger partial charge in [0.25, 0.3) is 0 Å². The summed E-state index contributed by atoms with van der Waals surface area (Å²) >= 11 is 0. The fourth-order valence-electron chi connectivity index (χ4n) is 1.57. The molecule has 2 N–H and O–H groups in total. The Morgan fingerprint density at radius 1 is 0.833 bits per heavy atom. The average Bonchev–Trinajstić information content (AvgIpc) is 2.27. The molecule has 0 fully saturated rings. The molecule has 0 saturated heterocycles. The van der Waals surface area contributed by atoms with Crippen molar-refractivity contribution >= 4 is 7.32 Å². The minimum atomic E-state index is -1.90. The van der Waals surface area contributed by atoms with Crippen molar-refractivity contribution in [1.29, 1.82) is 0 Å². The van der Waals surface area contributed by atoms with Gasteiger partial charge in [-0.15, -0.1) is 0 Å². The minimum Gasteiger partial charge on any atom is -0.512 e. The van der Waals surface area contributed by atoms with Gasteiger partial charge in [0, 0.05) is 6.07 Å². The van der Waals surface area contributed by atoms with E-state index in [1.807, 2.05) is 0 Å². The van der Waals surface area contributed by atoms with Crippen molar-refractivity contribution in [2.75, 3.05) is 0 Å². The van der Waals surface area contributed by atoms with Crippen LogP contribution in [0, 0.1) is 11.6 Å². The quantitative estimate of drug-likeness (QED) is 0.819. The predicted octanol–water partition coefficient (Wildman–Crippen LogP) is 1.98. The lowest BCUT2D eigenvalue weighted by Gasteiger charge is -2.06. The summed E-state index contributed by atoms with van der Waals surface area (Å²) in [5.74, 6) is -1.07. The number of halogens is 2. The summed E-state index contributed by atoms with van der Waals surface area (Å²) in [6.45, 7) is 0. The van der Waals surface area contributed by atoms with E-state index in [1.54, 1.807) is 12.1 Å². The molecule has 3 nitrogen and oxygen atoms in total. The van der Waals surface area contributed by atoms with E-state index in [4.69, 9.17) is 10.0 Å². The highest BCUT2D eigenvalue weighted by Crippen LogP contribution is 2.24. The van der Waals surface area contributed by atoms with Crippen LogP contribution in [0.5, 0.6) is 5.75 Å².